The summed E-state index contributed by atoms with van der Waals surface area (Å²) in [4.78, 5) is 0. The summed E-state index contributed by atoms with van der Waals surface area (Å²) in [6.45, 7) is 12.1. The lowest BCUT2D eigenvalue weighted by Crippen LogP contribution is -2.51. The Morgan fingerprint density at radius 3 is 2.88 bits per heavy atom. The highest BCUT2D eigenvalue weighted by Crippen LogP contribution is 2.15. The van der Waals surface area contributed by atoms with Crippen LogP contribution in [0.2, 0.25) is 0 Å². The van der Waals surface area contributed by atoms with Crippen LogP contribution in [-0.4, -0.2) is 38.0 Å². The quantitative estimate of drug-likeness (QED) is 0.757. The predicted molar refractivity (Wildman–Crippen MR) is 66.7 cm³/mol. The van der Waals surface area contributed by atoms with Crippen LogP contribution in [0.5, 0.6) is 0 Å². The normalized spacial score (nSPS) is 26.6. The summed E-state index contributed by atoms with van der Waals surface area (Å²) in [6.07, 6.45) is 2.69. The number of hydrogen-bond donors (Lipinski definition) is 1. The minimum atomic E-state index is -0.0543. The van der Waals surface area contributed by atoms with Gasteiger partial charge in [-0.2, -0.15) is 0 Å². The van der Waals surface area contributed by atoms with Gasteiger partial charge in [-0.3, -0.25) is 0 Å². The molecular weight excluding hydrogens is 202 g/mol. The van der Waals surface area contributed by atoms with Crippen molar-refractivity contribution in [3.63, 3.8) is 0 Å². The molecule has 16 heavy (non-hydrogen) atoms. The van der Waals surface area contributed by atoms with Gasteiger partial charge in [-0.25, -0.2) is 0 Å². The molecule has 1 saturated heterocycles. The third-order valence-corrected chi connectivity index (χ3v) is 2.90. The minimum Gasteiger partial charge on any atom is -0.378 e. The van der Waals surface area contributed by atoms with Crippen LogP contribution >= 0.6 is 0 Å². The molecule has 0 spiro atoms. The van der Waals surface area contributed by atoms with Gasteiger partial charge in [0.25, 0.3) is 0 Å². The fourth-order valence-corrected chi connectivity index (χ4v) is 2.14. The van der Waals surface area contributed by atoms with Crippen LogP contribution in [0.3, 0.4) is 0 Å². The molecule has 1 fully saturated rings. The van der Waals surface area contributed by atoms with Crippen molar-refractivity contribution in [1.29, 1.82) is 0 Å². The fourth-order valence-electron chi connectivity index (χ4n) is 2.14. The van der Waals surface area contributed by atoms with Crippen LogP contribution in [0, 0.1) is 5.92 Å². The first-order chi connectivity index (χ1) is 7.53. The van der Waals surface area contributed by atoms with Gasteiger partial charge in [0.15, 0.2) is 0 Å². The molecule has 0 aromatic carbocycles. The van der Waals surface area contributed by atoms with Crippen molar-refractivity contribution in [2.24, 2.45) is 5.92 Å². The maximum atomic E-state index is 5.93. The SMILES string of the molecule is CCCC(C)COCC1CNCC(C)(C)O1. The van der Waals surface area contributed by atoms with Crippen molar-refractivity contribution in [1.82, 2.24) is 5.32 Å². The Hall–Kier alpha value is -0.120. The molecule has 3 nitrogen and oxygen atoms in total. The summed E-state index contributed by atoms with van der Waals surface area (Å²) in [6, 6.07) is 0. The zero-order valence-electron chi connectivity index (χ0n) is 11.2. The Labute approximate surface area is 99.9 Å². The van der Waals surface area contributed by atoms with Gasteiger partial charge in [0, 0.05) is 19.7 Å². The van der Waals surface area contributed by atoms with Gasteiger partial charge < -0.3 is 14.8 Å². The zero-order valence-corrected chi connectivity index (χ0v) is 11.2. The predicted octanol–water partition coefficient (Wildman–Crippen LogP) is 2.21. The summed E-state index contributed by atoms with van der Waals surface area (Å²) in [5, 5.41) is 3.38. The Morgan fingerprint density at radius 2 is 2.25 bits per heavy atom. The molecule has 0 aromatic rings. The number of nitrogens with one attached hydrogen (secondary N) is 1. The zero-order chi connectivity index (χ0) is 12.0. The van der Waals surface area contributed by atoms with Crippen LogP contribution in [-0.2, 0) is 9.47 Å². The first-order valence-corrected chi connectivity index (χ1v) is 6.50. The van der Waals surface area contributed by atoms with E-state index in [2.05, 4.69) is 33.0 Å². The van der Waals surface area contributed by atoms with E-state index >= 15 is 0 Å². The van der Waals surface area contributed by atoms with Crippen LogP contribution < -0.4 is 5.32 Å². The van der Waals surface area contributed by atoms with Crippen molar-refractivity contribution in [3.8, 4) is 0 Å². The molecule has 0 aliphatic carbocycles. The van der Waals surface area contributed by atoms with E-state index in [1.807, 2.05) is 0 Å². The Bertz CT molecular complexity index is 194. The number of morpholine rings is 1. The molecule has 1 rings (SSSR count). The lowest BCUT2D eigenvalue weighted by atomic mass is 10.1. The summed E-state index contributed by atoms with van der Waals surface area (Å²) in [7, 11) is 0. The molecule has 0 saturated carbocycles. The highest BCUT2D eigenvalue weighted by Gasteiger charge is 2.28. The number of rotatable bonds is 6. The standard InChI is InChI=1S/C13H27NO2/c1-5-6-11(2)8-15-9-12-7-14-10-13(3,4)16-12/h11-12,14H,5-10H2,1-4H3. The molecule has 3 heteroatoms. The van der Waals surface area contributed by atoms with Crippen LogP contribution in [0.1, 0.15) is 40.5 Å². The highest BCUT2D eigenvalue weighted by molar-refractivity contribution is 4.81. The van der Waals surface area contributed by atoms with Crippen molar-refractivity contribution in [3.05, 3.63) is 0 Å². The third-order valence-electron chi connectivity index (χ3n) is 2.90. The molecule has 96 valence electrons. The Kier molecular flexibility index (Phi) is 5.73. The van der Waals surface area contributed by atoms with Gasteiger partial charge in [-0.1, -0.05) is 20.3 Å². The molecular formula is C13H27NO2. The second kappa shape index (κ2) is 6.58. The molecule has 0 bridgehead atoms. The molecule has 1 aliphatic heterocycles. The van der Waals surface area contributed by atoms with Crippen LogP contribution in [0.4, 0.5) is 0 Å². The molecule has 0 radical (unpaired) electrons. The van der Waals surface area contributed by atoms with Gasteiger partial charge in [0.1, 0.15) is 0 Å². The fraction of sp³-hybridized carbons (Fsp3) is 1.00. The topological polar surface area (TPSA) is 30.5 Å². The number of ether oxygens (including phenoxy) is 2. The summed E-state index contributed by atoms with van der Waals surface area (Å²) in [5.74, 6) is 0.662. The molecule has 1 heterocycles. The van der Waals surface area contributed by atoms with E-state index in [-0.39, 0.29) is 11.7 Å². The van der Waals surface area contributed by atoms with Crippen molar-refractivity contribution in [2.75, 3.05) is 26.3 Å². The molecule has 1 aliphatic rings. The maximum Gasteiger partial charge on any atom is 0.0940 e. The van der Waals surface area contributed by atoms with Gasteiger partial charge in [0.05, 0.1) is 18.3 Å². The summed E-state index contributed by atoms with van der Waals surface area (Å²) in [5.41, 5.74) is -0.0543. The molecule has 2 unspecified atom stereocenters. The lowest BCUT2D eigenvalue weighted by molar-refractivity contribution is -0.122. The average molecular weight is 229 g/mol. The van der Waals surface area contributed by atoms with E-state index in [0.717, 1.165) is 19.7 Å². The van der Waals surface area contributed by atoms with Gasteiger partial charge >= 0.3 is 0 Å². The van der Waals surface area contributed by atoms with E-state index in [1.165, 1.54) is 12.8 Å². The molecule has 0 amide bonds. The molecule has 1 N–H and O–H groups in total. The van der Waals surface area contributed by atoms with E-state index in [1.54, 1.807) is 0 Å². The lowest BCUT2D eigenvalue weighted by Gasteiger charge is -2.36. The maximum absolute atomic E-state index is 5.93. The van der Waals surface area contributed by atoms with Crippen LogP contribution in [0.15, 0.2) is 0 Å². The van der Waals surface area contributed by atoms with E-state index in [9.17, 15) is 0 Å². The largest absolute Gasteiger partial charge is 0.378 e. The summed E-state index contributed by atoms with van der Waals surface area (Å²) >= 11 is 0. The number of hydrogen-bond acceptors (Lipinski definition) is 3. The Morgan fingerprint density at radius 1 is 1.50 bits per heavy atom. The third kappa shape index (κ3) is 5.28. The van der Waals surface area contributed by atoms with Gasteiger partial charge in [0.2, 0.25) is 0 Å². The highest BCUT2D eigenvalue weighted by atomic mass is 16.5. The van der Waals surface area contributed by atoms with Gasteiger partial charge in [-0.05, 0) is 26.2 Å². The molecule has 0 aromatic heterocycles. The first-order valence-electron chi connectivity index (χ1n) is 6.50. The van der Waals surface area contributed by atoms with Crippen molar-refractivity contribution in [2.45, 2.75) is 52.2 Å². The molecule has 2 atom stereocenters. The van der Waals surface area contributed by atoms with Gasteiger partial charge in [-0.15, -0.1) is 0 Å². The minimum absolute atomic E-state index is 0.0543. The second-order valence-electron chi connectivity index (χ2n) is 5.56. The van der Waals surface area contributed by atoms with Crippen molar-refractivity contribution >= 4 is 0 Å². The van der Waals surface area contributed by atoms with Crippen molar-refractivity contribution < 1.29 is 9.47 Å². The summed E-state index contributed by atoms with van der Waals surface area (Å²) < 4.78 is 11.6. The smallest absolute Gasteiger partial charge is 0.0940 e. The van der Waals surface area contributed by atoms with Crippen LogP contribution in [0.25, 0.3) is 0 Å². The van der Waals surface area contributed by atoms with E-state index in [0.29, 0.717) is 12.5 Å². The monoisotopic (exact) mass is 229 g/mol. The van der Waals surface area contributed by atoms with E-state index in [4.69, 9.17) is 9.47 Å². The second-order valence-corrected chi connectivity index (χ2v) is 5.56. The first kappa shape index (κ1) is 13.9. The Balaban J connectivity index is 2.13. The average Bonchev–Trinajstić information content (AvgIpc) is 2.16. The van der Waals surface area contributed by atoms with E-state index < -0.39 is 0 Å².